The molecule has 2 aromatic carbocycles. The molecule has 0 aliphatic heterocycles. The van der Waals surface area contributed by atoms with Crippen LogP contribution in [0.5, 0.6) is 0 Å². The summed E-state index contributed by atoms with van der Waals surface area (Å²) in [4.78, 5) is 23.0. The molecule has 0 spiro atoms. The van der Waals surface area contributed by atoms with Crippen molar-refractivity contribution in [3.8, 4) is 0 Å². The lowest BCUT2D eigenvalue weighted by Crippen LogP contribution is -2.23. The average molecular weight is 470 g/mol. The molecular formula is C22H24BrN5O2. The molecule has 1 amide bonds. The average Bonchev–Trinajstić information content (AvgIpc) is 2.73. The molecule has 0 aliphatic carbocycles. The van der Waals surface area contributed by atoms with Crippen LogP contribution in [0.4, 0.5) is 17.2 Å². The van der Waals surface area contributed by atoms with Crippen molar-refractivity contribution in [3.63, 3.8) is 0 Å². The molecule has 0 fully saturated rings. The van der Waals surface area contributed by atoms with Gasteiger partial charge >= 0.3 is 0 Å². The van der Waals surface area contributed by atoms with Crippen LogP contribution in [-0.2, 0) is 9.53 Å². The van der Waals surface area contributed by atoms with Gasteiger partial charge in [-0.15, -0.1) is 0 Å². The van der Waals surface area contributed by atoms with Gasteiger partial charge in [-0.05, 0) is 43.4 Å². The number of nitrogens with one attached hydrogen (secondary N) is 2. The number of rotatable bonds is 9. The highest BCUT2D eigenvalue weighted by Gasteiger charge is 2.07. The number of amides is 1. The van der Waals surface area contributed by atoms with Gasteiger partial charge in [-0.2, -0.15) is 0 Å². The fourth-order valence-corrected chi connectivity index (χ4v) is 3.20. The number of aromatic nitrogens is 2. The third-order valence-electron chi connectivity index (χ3n) is 4.35. The van der Waals surface area contributed by atoms with Gasteiger partial charge in [0.1, 0.15) is 12.1 Å². The van der Waals surface area contributed by atoms with E-state index in [0.717, 1.165) is 27.6 Å². The van der Waals surface area contributed by atoms with E-state index in [9.17, 15) is 4.79 Å². The maximum atomic E-state index is 12.3. The van der Waals surface area contributed by atoms with Gasteiger partial charge in [0, 0.05) is 47.5 Å². The van der Waals surface area contributed by atoms with Crippen molar-refractivity contribution in [2.45, 2.75) is 0 Å². The van der Waals surface area contributed by atoms with Crippen molar-refractivity contribution < 1.29 is 9.53 Å². The Morgan fingerprint density at radius 1 is 1.20 bits per heavy atom. The number of carbonyl (C=O) groups excluding carboxylic acids is 1. The Kier molecular flexibility index (Phi) is 7.89. The van der Waals surface area contributed by atoms with Gasteiger partial charge in [0.05, 0.1) is 12.1 Å². The quantitative estimate of drug-likeness (QED) is 0.457. The fourth-order valence-electron chi connectivity index (χ4n) is 2.80. The lowest BCUT2D eigenvalue weighted by Gasteiger charge is -2.12. The number of halogens is 1. The van der Waals surface area contributed by atoms with E-state index in [2.05, 4.69) is 41.4 Å². The minimum Gasteiger partial charge on any atom is -0.383 e. The summed E-state index contributed by atoms with van der Waals surface area (Å²) < 4.78 is 6.02. The zero-order valence-electron chi connectivity index (χ0n) is 16.9. The summed E-state index contributed by atoms with van der Waals surface area (Å²) in [6.45, 7) is 2.13. The normalized spacial score (nSPS) is 11.3. The first kappa shape index (κ1) is 21.9. The topological polar surface area (TPSA) is 79.4 Å². The molecule has 0 bridgehead atoms. The van der Waals surface area contributed by atoms with E-state index in [4.69, 9.17) is 4.74 Å². The molecule has 0 aliphatic rings. The highest BCUT2D eigenvalue weighted by atomic mass is 79.9. The molecule has 8 heteroatoms. The van der Waals surface area contributed by atoms with Crippen LogP contribution < -0.4 is 10.6 Å². The van der Waals surface area contributed by atoms with Gasteiger partial charge in [0.15, 0.2) is 0 Å². The van der Waals surface area contributed by atoms with E-state index in [0.29, 0.717) is 24.7 Å². The Labute approximate surface area is 184 Å². The lowest BCUT2D eigenvalue weighted by molar-refractivity contribution is -0.111. The standard InChI is InChI=1S/C22H24BrN5O2/c1-28(11-12-30-2)10-4-7-21(29)26-18-8-9-20-19(14-18)22(25-15-24-20)27-17-6-3-5-16(23)13-17/h3-9,13-15H,10-12H2,1-2H3,(H,26,29)(H,24,25,27). The molecule has 3 aromatic rings. The minimum atomic E-state index is -0.187. The first-order chi connectivity index (χ1) is 14.5. The smallest absolute Gasteiger partial charge is 0.248 e. The number of methoxy groups -OCH3 is 1. The van der Waals surface area contributed by atoms with Crippen LogP contribution in [0.15, 0.2) is 65.4 Å². The summed E-state index contributed by atoms with van der Waals surface area (Å²) in [6, 6.07) is 13.4. The van der Waals surface area contributed by atoms with Crippen LogP contribution in [0.3, 0.4) is 0 Å². The second kappa shape index (κ2) is 10.8. The van der Waals surface area contributed by atoms with Crippen molar-refractivity contribution in [2.24, 2.45) is 0 Å². The lowest BCUT2D eigenvalue weighted by atomic mass is 10.2. The van der Waals surface area contributed by atoms with Gasteiger partial charge in [0.2, 0.25) is 5.91 Å². The fraction of sp³-hybridized carbons (Fsp3) is 0.227. The van der Waals surface area contributed by atoms with E-state index in [1.807, 2.05) is 55.6 Å². The summed E-state index contributed by atoms with van der Waals surface area (Å²) in [5, 5.41) is 7.02. The Hall–Kier alpha value is -2.81. The Morgan fingerprint density at radius 2 is 2.07 bits per heavy atom. The van der Waals surface area contributed by atoms with Crippen molar-refractivity contribution in [1.29, 1.82) is 0 Å². The molecular weight excluding hydrogens is 446 g/mol. The maximum Gasteiger partial charge on any atom is 0.248 e. The van der Waals surface area contributed by atoms with Crippen molar-refractivity contribution in [3.05, 3.63) is 65.4 Å². The van der Waals surface area contributed by atoms with E-state index in [-0.39, 0.29) is 5.91 Å². The largest absolute Gasteiger partial charge is 0.383 e. The number of likely N-dealkylation sites (N-methyl/N-ethyl adjacent to an activating group) is 1. The summed E-state index contributed by atoms with van der Waals surface area (Å²) in [7, 11) is 3.65. The summed E-state index contributed by atoms with van der Waals surface area (Å²) in [5.74, 6) is 0.484. The molecule has 1 aromatic heterocycles. The molecule has 3 rings (SSSR count). The predicted octanol–water partition coefficient (Wildman–Crippen LogP) is 4.21. The van der Waals surface area contributed by atoms with Crippen LogP contribution in [0.1, 0.15) is 0 Å². The van der Waals surface area contributed by atoms with E-state index >= 15 is 0 Å². The Bertz CT molecular complexity index is 1040. The summed E-state index contributed by atoms with van der Waals surface area (Å²) >= 11 is 3.47. The first-order valence-electron chi connectivity index (χ1n) is 9.47. The summed E-state index contributed by atoms with van der Waals surface area (Å²) in [6.07, 6.45) is 4.88. The highest BCUT2D eigenvalue weighted by molar-refractivity contribution is 9.10. The van der Waals surface area contributed by atoms with Gasteiger partial charge in [-0.1, -0.05) is 28.1 Å². The van der Waals surface area contributed by atoms with Crippen LogP contribution in [0.2, 0.25) is 0 Å². The Balaban J connectivity index is 1.70. The molecule has 2 N–H and O–H groups in total. The number of benzene rings is 2. The number of nitrogens with zero attached hydrogens (tertiary/aromatic N) is 3. The van der Waals surface area contributed by atoms with E-state index in [1.54, 1.807) is 7.11 Å². The molecule has 0 unspecified atom stereocenters. The second-order valence-electron chi connectivity index (χ2n) is 6.74. The highest BCUT2D eigenvalue weighted by Crippen LogP contribution is 2.26. The first-order valence-corrected chi connectivity index (χ1v) is 10.3. The molecule has 0 atom stereocenters. The molecule has 0 radical (unpaired) electrons. The van der Waals surface area contributed by atoms with E-state index < -0.39 is 0 Å². The number of ether oxygens (including phenoxy) is 1. The number of anilines is 3. The molecule has 30 heavy (non-hydrogen) atoms. The van der Waals surface area contributed by atoms with Gasteiger partial charge in [0.25, 0.3) is 0 Å². The van der Waals surface area contributed by atoms with Crippen LogP contribution in [0.25, 0.3) is 10.9 Å². The van der Waals surface area contributed by atoms with Crippen LogP contribution >= 0.6 is 15.9 Å². The molecule has 1 heterocycles. The number of hydrogen-bond acceptors (Lipinski definition) is 6. The molecule has 0 saturated carbocycles. The molecule has 156 valence electrons. The molecule has 0 saturated heterocycles. The van der Waals surface area contributed by atoms with Crippen molar-refractivity contribution in [2.75, 3.05) is 44.5 Å². The number of carbonyl (C=O) groups is 1. The molecule has 7 nitrogen and oxygen atoms in total. The zero-order valence-corrected chi connectivity index (χ0v) is 18.5. The van der Waals surface area contributed by atoms with Crippen molar-refractivity contribution in [1.82, 2.24) is 14.9 Å². The van der Waals surface area contributed by atoms with Gasteiger partial charge in [-0.25, -0.2) is 9.97 Å². The van der Waals surface area contributed by atoms with Crippen LogP contribution in [0, 0.1) is 0 Å². The van der Waals surface area contributed by atoms with Crippen molar-refractivity contribution >= 4 is 49.9 Å². The Morgan fingerprint density at radius 3 is 2.87 bits per heavy atom. The SMILES string of the molecule is COCCN(C)CC=CC(=O)Nc1ccc2ncnc(Nc3cccc(Br)c3)c2c1. The monoisotopic (exact) mass is 469 g/mol. The zero-order chi connectivity index (χ0) is 21.3. The summed E-state index contributed by atoms with van der Waals surface area (Å²) in [5.41, 5.74) is 2.37. The third kappa shape index (κ3) is 6.35. The number of hydrogen-bond donors (Lipinski definition) is 2. The van der Waals surface area contributed by atoms with Gasteiger partial charge in [-0.3, -0.25) is 4.79 Å². The third-order valence-corrected chi connectivity index (χ3v) is 4.85. The minimum absolute atomic E-state index is 0.187. The maximum absolute atomic E-state index is 12.3. The number of fused-ring (bicyclic) bond motifs is 1. The predicted molar refractivity (Wildman–Crippen MR) is 124 cm³/mol. The second-order valence-corrected chi connectivity index (χ2v) is 7.65. The van der Waals surface area contributed by atoms with Crippen LogP contribution in [-0.4, -0.2) is 54.6 Å². The van der Waals surface area contributed by atoms with E-state index in [1.165, 1.54) is 12.4 Å². The van der Waals surface area contributed by atoms with Gasteiger partial charge < -0.3 is 20.3 Å².